The molecule has 726 valence electrons. The topological polar surface area (TPSA) is 184 Å². The molecule has 8 aromatic rings. The second-order valence-electron chi connectivity index (χ2n) is 40.1. The molecular weight excluding hydrogens is 1640 g/mol. The highest BCUT2D eigenvalue weighted by atomic mass is 19.1. The molecule has 9 aliphatic rings. The number of pyridine rings is 1. The van der Waals surface area contributed by atoms with Gasteiger partial charge in [0.25, 0.3) is 0 Å². The normalized spacial score (nSPS) is 19.3. The van der Waals surface area contributed by atoms with E-state index in [0.29, 0.717) is 53.4 Å². The number of hydrogen-bond donors (Lipinski definition) is 10. The van der Waals surface area contributed by atoms with Gasteiger partial charge in [-0.2, -0.15) is 0 Å². The summed E-state index contributed by atoms with van der Waals surface area (Å²) in [4.78, 5) is 23.8. The number of nitrogens with zero attached hydrogens (tertiary/aromatic N) is 9. The number of aryl methyl sites for hydroxylation is 1. The number of nitrogens with one attached hydrogen (secondary N) is 7. The Balaban J connectivity index is 0.000000157. The molecule has 0 bridgehead atoms. The molecular formula is C112H173FN16O3. The molecule has 0 amide bonds. The number of aliphatic hydroxyl groups is 3. The molecule has 1 unspecified atom stereocenters. The van der Waals surface area contributed by atoms with Crippen molar-refractivity contribution in [2.24, 2.45) is 0 Å². The fourth-order valence-electron chi connectivity index (χ4n) is 18.8. The quantitative estimate of drug-likeness (QED) is 0.0347. The fraction of sp³-hybridized carbons (Fsp3) is 0.580. The third-order valence-electron chi connectivity index (χ3n) is 27.7. The summed E-state index contributed by atoms with van der Waals surface area (Å²) >= 11 is 0. The minimum Gasteiger partial charge on any atom is -0.394 e. The predicted octanol–water partition coefficient (Wildman–Crippen LogP) is 18.1. The highest BCUT2D eigenvalue weighted by molar-refractivity contribution is 5.55. The lowest BCUT2D eigenvalue weighted by molar-refractivity contribution is 0.246. The number of halogens is 1. The van der Waals surface area contributed by atoms with Gasteiger partial charge in [-0.3, -0.25) is 4.90 Å². The van der Waals surface area contributed by atoms with Gasteiger partial charge in [-0.15, -0.1) is 0 Å². The molecule has 0 radical (unpaired) electrons. The number of rotatable bonds is 20. The van der Waals surface area contributed by atoms with Crippen LogP contribution in [-0.4, -0.2) is 239 Å². The first-order valence-corrected chi connectivity index (χ1v) is 50.9. The van der Waals surface area contributed by atoms with Gasteiger partial charge in [0, 0.05) is 216 Å². The standard InChI is InChI=1S/C16H24N2.C15H23NO.2C14H22N2O.2C14H22N2.C13H19FN2.C12H19N3/c1-13(2)14-3-5-15(6-4-14)17-9-11-18(12-10-17)16-7-8-16;1-11(2)13-3-4-15(14(9-13)10-17)12-5-7-16-8-6-12;2*1-11(2)12-3-5-13(6-4-12)16-8-7-15-9-14(16)10-17;1-11(2)13-4-6-14(7-5-13)16-9-8-15-10-12(16)3;1-11(2)14-5-4-13(10-12(14)3)16-8-6-15-7-9-16;1-10(2)12-4-3-11(9-13(12)14)16-7-5-15-6-8-16;1-10(2)11-3-4-12(14-9-11)15-7-5-13-6-8-15/h3-6,13,16H,7-12H2,1-2H3;3-4,9,11-12,16-17H,5-8,10H2,1-2H3;2*3-6,11,14-15,17H,7-10H2,1-2H3;4-7,11-12,15H,8-10H2,1-3H3;4-5,10-11,15H,6-9H2,1-3H3;3-4,9-10,15H,5-8H2,1-2H3;3-4,9-10,13H,5-8H2,1-2H3/t;;2*14-;;;;/m..10..../s1. The van der Waals surface area contributed by atoms with Crippen molar-refractivity contribution in [2.75, 3.05) is 224 Å². The van der Waals surface area contributed by atoms with Gasteiger partial charge in [-0.05, 0) is 246 Å². The maximum atomic E-state index is 13.8. The molecule has 3 atom stereocenters. The molecule has 9 fully saturated rings. The zero-order valence-corrected chi connectivity index (χ0v) is 84.5. The average Bonchev–Trinajstić information content (AvgIpc) is 1.80. The smallest absolute Gasteiger partial charge is 0.128 e. The summed E-state index contributed by atoms with van der Waals surface area (Å²) in [5, 5.41) is 51.8. The molecule has 132 heavy (non-hydrogen) atoms. The summed E-state index contributed by atoms with van der Waals surface area (Å²) in [6.07, 6.45) is 7.25. The van der Waals surface area contributed by atoms with Crippen molar-refractivity contribution in [1.82, 2.24) is 47.1 Å². The number of hydrogen-bond acceptors (Lipinski definition) is 19. The van der Waals surface area contributed by atoms with Gasteiger partial charge in [0.1, 0.15) is 11.6 Å². The molecule has 9 heterocycles. The van der Waals surface area contributed by atoms with Crippen LogP contribution in [0.5, 0.6) is 0 Å². The van der Waals surface area contributed by atoms with Crippen molar-refractivity contribution in [2.45, 2.75) is 234 Å². The van der Waals surface area contributed by atoms with E-state index < -0.39 is 0 Å². The number of aliphatic hydroxyl groups excluding tert-OH is 3. The summed E-state index contributed by atoms with van der Waals surface area (Å²) in [6, 6.07) is 61.0. The van der Waals surface area contributed by atoms with E-state index in [1.807, 2.05) is 32.2 Å². The van der Waals surface area contributed by atoms with Gasteiger partial charge in [0.2, 0.25) is 0 Å². The van der Waals surface area contributed by atoms with E-state index in [2.05, 4.69) is 338 Å². The Bertz CT molecular complexity index is 4370. The van der Waals surface area contributed by atoms with Crippen LogP contribution >= 0.6 is 0 Å². The number of piperidine rings is 1. The lowest BCUT2D eigenvalue weighted by Gasteiger charge is -2.37. The van der Waals surface area contributed by atoms with Crippen molar-refractivity contribution in [3.63, 3.8) is 0 Å². The molecule has 20 heteroatoms. The van der Waals surface area contributed by atoms with Crippen LogP contribution in [0.2, 0.25) is 0 Å². The van der Waals surface area contributed by atoms with Crippen molar-refractivity contribution in [3.8, 4) is 0 Å². The molecule has 7 aromatic carbocycles. The Kier molecular flexibility index (Phi) is 44.2. The van der Waals surface area contributed by atoms with Crippen LogP contribution in [0.15, 0.2) is 170 Å². The Morgan fingerprint density at radius 2 is 0.697 bits per heavy atom. The van der Waals surface area contributed by atoms with E-state index >= 15 is 0 Å². The second kappa shape index (κ2) is 55.1. The Hall–Kier alpha value is -8.22. The van der Waals surface area contributed by atoms with E-state index in [4.69, 9.17) is 0 Å². The van der Waals surface area contributed by atoms with E-state index in [1.54, 1.807) is 6.07 Å². The van der Waals surface area contributed by atoms with Gasteiger partial charge >= 0.3 is 0 Å². The van der Waals surface area contributed by atoms with Gasteiger partial charge < -0.3 is 86.8 Å². The summed E-state index contributed by atoms with van der Waals surface area (Å²) in [6.45, 7) is 68.8. The highest BCUT2D eigenvalue weighted by Crippen LogP contribution is 2.35. The monoisotopic (exact) mass is 1810 g/mol. The van der Waals surface area contributed by atoms with Gasteiger partial charge in [0.15, 0.2) is 0 Å². The molecule has 8 saturated heterocycles. The lowest BCUT2D eigenvalue weighted by Crippen LogP contribution is -2.53. The van der Waals surface area contributed by atoms with Crippen LogP contribution in [0.3, 0.4) is 0 Å². The number of benzene rings is 7. The van der Waals surface area contributed by atoms with Crippen LogP contribution in [0, 0.1) is 12.7 Å². The maximum absolute atomic E-state index is 13.8. The second-order valence-corrected chi connectivity index (χ2v) is 40.1. The summed E-state index contributed by atoms with van der Waals surface area (Å²) in [5.41, 5.74) is 22.0. The van der Waals surface area contributed by atoms with Crippen LogP contribution in [0.1, 0.15) is 258 Å². The Labute approximate surface area is 797 Å². The van der Waals surface area contributed by atoms with Crippen LogP contribution in [0.25, 0.3) is 0 Å². The molecule has 0 spiro atoms. The predicted molar refractivity (Wildman–Crippen MR) is 561 cm³/mol. The largest absolute Gasteiger partial charge is 0.394 e. The summed E-state index contributed by atoms with van der Waals surface area (Å²) < 4.78 is 13.8. The highest BCUT2D eigenvalue weighted by Gasteiger charge is 2.32. The zero-order valence-electron chi connectivity index (χ0n) is 84.5. The van der Waals surface area contributed by atoms with Crippen LogP contribution in [0.4, 0.5) is 44.3 Å². The van der Waals surface area contributed by atoms with Crippen molar-refractivity contribution < 1.29 is 19.7 Å². The van der Waals surface area contributed by atoms with E-state index in [9.17, 15) is 19.7 Å². The zero-order chi connectivity index (χ0) is 94.6. The first kappa shape index (κ1) is 106. The van der Waals surface area contributed by atoms with Gasteiger partial charge in [-0.1, -0.05) is 196 Å². The molecule has 1 saturated carbocycles. The Morgan fingerprint density at radius 3 is 1.08 bits per heavy atom. The molecule has 19 nitrogen and oxygen atoms in total. The maximum Gasteiger partial charge on any atom is 0.128 e. The number of anilines is 7. The van der Waals surface area contributed by atoms with Crippen molar-refractivity contribution in [1.29, 1.82) is 0 Å². The molecule has 10 N–H and O–H groups in total. The first-order valence-electron chi connectivity index (χ1n) is 50.9. The molecule has 8 aliphatic heterocycles. The van der Waals surface area contributed by atoms with E-state index in [-0.39, 0.29) is 43.6 Å². The summed E-state index contributed by atoms with van der Waals surface area (Å²) in [5.74, 6) is 6.01. The average molecular weight is 1810 g/mol. The fourth-order valence-corrected chi connectivity index (χ4v) is 18.8. The van der Waals surface area contributed by atoms with Crippen LogP contribution < -0.4 is 71.5 Å². The van der Waals surface area contributed by atoms with Crippen molar-refractivity contribution in [3.05, 3.63) is 237 Å². The first-order chi connectivity index (χ1) is 63.7. The third-order valence-corrected chi connectivity index (χ3v) is 27.7. The minimum absolute atomic E-state index is 0.0777. The van der Waals surface area contributed by atoms with Crippen molar-refractivity contribution >= 4 is 39.9 Å². The molecule has 1 aromatic heterocycles. The number of aromatic nitrogens is 1. The SMILES string of the molecule is CC(C)c1ccc(C2CCNCC2)c(CO)c1.CC(C)c1ccc(N2CCN(C3CC3)CC2)cc1.CC(C)c1ccc(N2CCNCC2)cc1F.CC(C)c1ccc(N2CCNCC2)nc1.CC(C)c1ccc(N2CCNCC2C)cc1.CC(C)c1ccc(N2CCNC[C@@H]2CO)cc1.CC(C)c1ccc(N2CCNC[C@H]2CO)cc1.Cc1cc(N2CCNCC2)ccc1C(C)C. The van der Waals surface area contributed by atoms with Gasteiger partial charge in [0.05, 0.1) is 31.9 Å². The lowest BCUT2D eigenvalue weighted by atomic mass is 9.85. The van der Waals surface area contributed by atoms with E-state index in [0.717, 1.165) is 179 Å². The van der Waals surface area contributed by atoms with Crippen LogP contribution in [-0.2, 0) is 6.61 Å². The third kappa shape index (κ3) is 32.8. The number of piperazine rings is 7. The molecule has 1 aliphatic carbocycles. The van der Waals surface area contributed by atoms with Gasteiger partial charge in [-0.25, -0.2) is 9.37 Å². The summed E-state index contributed by atoms with van der Waals surface area (Å²) in [7, 11) is 0. The van der Waals surface area contributed by atoms with E-state index in [1.165, 1.54) is 130 Å². The Morgan fingerprint density at radius 1 is 0.333 bits per heavy atom. The minimum atomic E-state index is -0.0777. The molecule has 17 rings (SSSR count).